The molecule has 3 rings (SSSR count). The normalized spacial score (nSPS) is 10.5. The van der Waals surface area contributed by atoms with Crippen molar-refractivity contribution in [2.24, 2.45) is 0 Å². The molecule has 6 heteroatoms. The van der Waals surface area contributed by atoms with Gasteiger partial charge in [0, 0.05) is 12.1 Å². The zero-order chi connectivity index (χ0) is 16.1. The lowest BCUT2D eigenvalue weighted by molar-refractivity contribution is 0.0954. The summed E-state index contributed by atoms with van der Waals surface area (Å²) >= 11 is 0. The Morgan fingerprint density at radius 3 is 2.61 bits per heavy atom. The van der Waals surface area contributed by atoms with E-state index in [0.29, 0.717) is 24.1 Å². The number of hydrogen-bond donors (Lipinski definition) is 1. The van der Waals surface area contributed by atoms with Gasteiger partial charge in [0.15, 0.2) is 0 Å². The highest BCUT2D eigenvalue weighted by molar-refractivity contribution is 5.94. The highest BCUT2D eigenvalue weighted by Gasteiger charge is 2.07. The first-order chi connectivity index (χ1) is 11.2. The van der Waals surface area contributed by atoms with E-state index in [0.717, 1.165) is 5.69 Å². The molecule has 0 fully saturated rings. The Morgan fingerprint density at radius 1 is 1.13 bits per heavy atom. The van der Waals surface area contributed by atoms with E-state index in [1.54, 1.807) is 53.5 Å². The number of carbonyl (C=O) groups is 1. The van der Waals surface area contributed by atoms with E-state index >= 15 is 0 Å². The molecule has 0 aliphatic heterocycles. The molecule has 0 atom stereocenters. The molecule has 0 saturated heterocycles. The first-order valence-electron chi connectivity index (χ1n) is 7.21. The zero-order valence-electron chi connectivity index (χ0n) is 12.3. The van der Waals surface area contributed by atoms with Gasteiger partial charge in [-0.25, -0.2) is 14.1 Å². The van der Waals surface area contributed by atoms with Gasteiger partial charge in [-0.1, -0.05) is 18.2 Å². The van der Waals surface area contributed by atoms with Crippen molar-refractivity contribution in [1.29, 1.82) is 0 Å². The average Bonchev–Trinajstić information content (AvgIpc) is 3.11. The van der Waals surface area contributed by atoms with Crippen LogP contribution in [0.5, 0.6) is 0 Å². The highest BCUT2D eigenvalue weighted by Crippen LogP contribution is 2.09. The van der Waals surface area contributed by atoms with E-state index in [1.807, 2.05) is 0 Å². The summed E-state index contributed by atoms with van der Waals surface area (Å²) in [5.41, 5.74) is 1.96. The summed E-state index contributed by atoms with van der Waals surface area (Å²) in [6, 6.07) is 13.6. The number of benzene rings is 2. The van der Waals surface area contributed by atoms with Gasteiger partial charge in [-0.15, -0.1) is 0 Å². The van der Waals surface area contributed by atoms with Gasteiger partial charge in [0.25, 0.3) is 5.91 Å². The molecule has 0 spiro atoms. The van der Waals surface area contributed by atoms with Crippen LogP contribution in [0.4, 0.5) is 4.39 Å². The van der Waals surface area contributed by atoms with E-state index in [-0.39, 0.29) is 11.7 Å². The topological polar surface area (TPSA) is 59.8 Å². The van der Waals surface area contributed by atoms with Gasteiger partial charge < -0.3 is 5.32 Å². The number of rotatable bonds is 5. The molecule has 5 nitrogen and oxygen atoms in total. The van der Waals surface area contributed by atoms with Crippen LogP contribution >= 0.6 is 0 Å². The second-order valence-electron chi connectivity index (χ2n) is 4.98. The lowest BCUT2D eigenvalue weighted by Crippen LogP contribution is -2.25. The van der Waals surface area contributed by atoms with Crippen LogP contribution in [-0.2, 0) is 6.42 Å². The summed E-state index contributed by atoms with van der Waals surface area (Å²) in [6.45, 7) is 0.380. The molecule has 0 saturated carbocycles. The van der Waals surface area contributed by atoms with Crippen LogP contribution in [0.1, 0.15) is 15.9 Å². The molecule has 0 radical (unpaired) electrons. The maximum Gasteiger partial charge on any atom is 0.251 e. The van der Waals surface area contributed by atoms with Gasteiger partial charge in [0.05, 0.1) is 5.69 Å². The summed E-state index contributed by atoms with van der Waals surface area (Å²) in [5, 5.41) is 6.81. The van der Waals surface area contributed by atoms with E-state index in [9.17, 15) is 9.18 Å². The fourth-order valence-electron chi connectivity index (χ4n) is 2.22. The average molecular weight is 310 g/mol. The molecular formula is C17H15FN4O. The number of nitrogens with one attached hydrogen (secondary N) is 1. The smallest absolute Gasteiger partial charge is 0.251 e. The monoisotopic (exact) mass is 310 g/mol. The van der Waals surface area contributed by atoms with Crippen molar-refractivity contribution in [1.82, 2.24) is 20.1 Å². The quantitative estimate of drug-likeness (QED) is 0.787. The second-order valence-corrected chi connectivity index (χ2v) is 4.98. The maximum absolute atomic E-state index is 13.5. The summed E-state index contributed by atoms with van der Waals surface area (Å²) in [5.74, 6) is -0.439. The lowest BCUT2D eigenvalue weighted by Gasteiger charge is -2.07. The van der Waals surface area contributed by atoms with Crippen molar-refractivity contribution < 1.29 is 9.18 Å². The van der Waals surface area contributed by atoms with Gasteiger partial charge in [-0.3, -0.25) is 4.79 Å². The molecule has 3 aromatic rings. The Labute approximate surface area is 132 Å². The Bertz CT molecular complexity index is 785. The number of aromatic nitrogens is 3. The Hall–Kier alpha value is -3.02. The second kappa shape index (κ2) is 6.83. The van der Waals surface area contributed by atoms with E-state index in [1.165, 1.54) is 12.4 Å². The summed E-state index contributed by atoms with van der Waals surface area (Å²) < 4.78 is 15.1. The largest absolute Gasteiger partial charge is 0.352 e. The molecule has 0 bridgehead atoms. The van der Waals surface area contributed by atoms with Gasteiger partial charge in [0.2, 0.25) is 0 Å². The molecule has 0 aliphatic rings. The van der Waals surface area contributed by atoms with Gasteiger partial charge in [-0.05, 0) is 42.3 Å². The number of carbonyl (C=O) groups excluding carboxylic acids is 1. The number of amides is 1. The predicted molar refractivity (Wildman–Crippen MR) is 83.8 cm³/mol. The van der Waals surface area contributed by atoms with Crippen LogP contribution < -0.4 is 5.32 Å². The molecule has 2 aromatic carbocycles. The Morgan fingerprint density at radius 2 is 1.91 bits per heavy atom. The fraction of sp³-hybridized carbons (Fsp3) is 0.118. The molecular weight excluding hydrogens is 295 g/mol. The predicted octanol–water partition coefficient (Wildman–Crippen LogP) is 2.38. The van der Waals surface area contributed by atoms with Gasteiger partial charge >= 0.3 is 0 Å². The number of halogens is 1. The SMILES string of the molecule is O=C(NCCc1ccccc1F)c1ccc(-n2cncn2)cc1. The molecule has 116 valence electrons. The minimum atomic E-state index is -0.251. The highest BCUT2D eigenvalue weighted by atomic mass is 19.1. The number of nitrogens with zero attached hydrogens (tertiary/aromatic N) is 3. The lowest BCUT2D eigenvalue weighted by atomic mass is 10.1. The van der Waals surface area contributed by atoms with Crippen LogP contribution in [0, 0.1) is 5.82 Å². The Kier molecular flexibility index (Phi) is 4.42. The first-order valence-corrected chi connectivity index (χ1v) is 7.21. The molecule has 1 N–H and O–H groups in total. The van der Waals surface area contributed by atoms with Crippen molar-refractivity contribution in [3.63, 3.8) is 0 Å². The van der Waals surface area contributed by atoms with Crippen LogP contribution in [0.2, 0.25) is 0 Å². The zero-order valence-corrected chi connectivity index (χ0v) is 12.3. The van der Waals surface area contributed by atoms with Crippen molar-refractivity contribution in [3.8, 4) is 5.69 Å². The van der Waals surface area contributed by atoms with Crippen molar-refractivity contribution >= 4 is 5.91 Å². The Balaban J connectivity index is 1.57. The molecule has 1 aromatic heterocycles. The van der Waals surface area contributed by atoms with E-state index < -0.39 is 0 Å². The molecule has 1 heterocycles. The van der Waals surface area contributed by atoms with Crippen LogP contribution in [0.15, 0.2) is 61.2 Å². The third-order valence-electron chi connectivity index (χ3n) is 3.45. The molecule has 1 amide bonds. The van der Waals surface area contributed by atoms with Crippen molar-refractivity contribution in [2.45, 2.75) is 6.42 Å². The molecule has 0 aliphatic carbocycles. The van der Waals surface area contributed by atoms with Crippen LogP contribution in [-0.4, -0.2) is 27.2 Å². The summed E-state index contributed by atoms with van der Waals surface area (Å²) in [6.07, 6.45) is 3.49. The van der Waals surface area contributed by atoms with E-state index in [2.05, 4.69) is 15.4 Å². The maximum atomic E-state index is 13.5. The minimum absolute atomic E-state index is 0.188. The summed E-state index contributed by atoms with van der Waals surface area (Å²) in [7, 11) is 0. The van der Waals surface area contributed by atoms with Gasteiger partial charge in [-0.2, -0.15) is 5.10 Å². The minimum Gasteiger partial charge on any atom is -0.352 e. The fourth-order valence-corrected chi connectivity index (χ4v) is 2.22. The van der Waals surface area contributed by atoms with E-state index in [4.69, 9.17) is 0 Å². The summed E-state index contributed by atoms with van der Waals surface area (Å²) in [4.78, 5) is 16.0. The third kappa shape index (κ3) is 3.60. The van der Waals surface area contributed by atoms with Crippen molar-refractivity contribution in [3.05, 3.63) is 78.1 Å². The standard InChI is InChI=1S/C17H15FN4O/c18-16-4-2-1-3-13(16)9-10-20-17(23)14-5-7-15(8-6-14)22-12-19-11-21-22/h1-8,11-12H,9-10H2,(H,20,23). The molecule has 0 unspecified atom stereocenters. The first kappa shape index (κ1) is 14.9. The number of hydrogen-bond acceptors (Lipinski definition) is 3. The van der Waals surface area contributed by atoms with Crippen molar-refractivity contribution in [2.75, 3.05) is 6.54 Å². The van der Waals surface area contributed by atoms with Gasteiger partial charge in [0.1, 0.15) is 18.5 Å². The third-order valence-corrected chi connectivity index (χ3v) is 3.45. The van der Waals surface area contributed by atoms with Crippen LogP contribution in [0.25, 0.3) is 5.69 Å². The molecule has 23 heavy (non-hydrogen) atoms. The van der Waals surface area contributed by atoms with Crippen LogP contribution in [0.3, 0.4) is 0 Å².